The zero-order valence-electron chi connectivity index (χ0n) is 10.0. The van der Waals surface area contributed by atoms with Gasteiger partial charge in [-0.15, -0.1) is 0 Å². The number of amides is 1. The first kappa shape index (κ1) is 13.4. The first-order valence-corrected chi connectivity index (χ1v) is 5.09. The topological polar surface area (TPSA) is 94.4 Å². The number of hydrogen-bond acceptors (Lipinski definition) is 5. The minimum Gasteiger partial charge on any atom is -0.497 e. The number of ether oxygens (including phenoxy) is 1. The molecule has 0 bridgehead atoms. The number of aliphatic hydroxyl groups excluding tert-OH is 1. The molecule has 6 heteroatoms. The number of carbonyl (C=O) groups excluding carboxylic acids is 1. The molecule has 1 aromatic rings. The summed E-state index contributed by atoms with van der Waals surface area (Å²) in [6, 6.07) is 8.22. The Hall–Kier alpha value is -2.68. The van der Waals surface area contributed by atoms with Gasteiger partial charge in [0.25, 0.3) is 5.91 Å². The van der Waals surface area contributed by atoms with Gasteiger partial charge in [0.1, 0.15) is 11.8 Å². The second kappa shape index (κ2) is 6.15. The summed E-state index contributed by atoms with van der Waals surface area (Å²) in [6.07, 6.45) is 0. The summed E-state index contributed by atoms with van der Waals surface area (Å²) in [5.74, 6) is -0.500. The molecule has 0 atom stereocenters. The summed E-state index contributed by atoms with van der Waals surface area (Å²) < 4.78 is 4.97. The monoisotopic (exact) mass is 247 g/mol. The number of carbonyl (C=O) groups is 1. The fraction of sp³-hybridized carbons (Fsp3) is 0.167. The van der Waals surface area contributed by atoms with Gasteiger partial charge in [0.15, 0.2) is 5.57 Å². The highest BCUT2D eigenvalue weighted by atomic mass is 16.5. The Morgan fingerprint density at radius 3 is 2.44 bits per heavy atom. The van der Waals surface area contributed by atoms with E-state index in [-0.39, 0.29) is 5.57 Å². The molecule has 0 radical (unpaired) electrons. The third-order valence-electron chi connectivity index (χ3n) is 2.16. The van der Waals surface area contributed by atoms with Crippen molar-refractivity contribution in [2.24, 2.45) is 0 Å². The van der Waals surface area contributed by atoms with Gasteiger partial charge in [-0.1, -0.05) is 0 Å². The molecule has 1 rings (SSSR count). The number of anilines is 1. The Bertz CT molecular complexity index is 500. The molecule has 0 aliphatic rings. The highest BCUT2D eigenvalue weighted by Gasteiger charge is 2.14. The maximum absolute atomic E-state index is 11.7. The lowest BCUT2D eigenvalue weighted by Gasteiger charge is -2.06. The van der Waals surface area contributed by atoms with Crippen molar-refractivity contribution in [2.75, 3.05) is 19.5 Å². The summed E-state index contributed by atoms with van der Waals surface area (Å²) in [5, 5.41) is 22.9. The molecular formula is C12H13N3O3. The van der Waals surface area contributed by atoms with E-state index in [1.54, 1.807) is 30.3 Å². The number of aliphatic hydroxyl groups is 1. The molecule has 0 saturated heterocycles. The number of nitrogens with one attached hydrogen (secondary N) is 2. The highest BCUT2D eigenvalue weighted by Crippen LogP contribution is 2.15. The lowest BCUT2D eigenvalue weighted by molar-refractivity contribution is -0.112. The van der Waals surface area contributed by atoms with E-state index in [1.807, 2.05) is 0 Å². The predicted octanol–water partition coefficient (Wildman–Crippen LogP) is 1.15. The average molecular weight is 247 g/mol. The molecule has 1 aromatic carbocycles. The molecule has 0 heterocycles. The van der Waals surface area contributed by atoms with Gasteiger partial charge in [-0.2, -0.15) is 5.26 Å². The van der Waals surface area contributed by atoms with Crippen LogP contribution in [0.2, 0.25) is 0 Å². The van der Waals surface area contributed by atoms with E-state index in [9.17, 15) is 9.90 Å². The molecule has 6 nitrogen and oxygen atoms in total. The third-order valence-corrected chi connectivity index (χ3v) is 2.16. The Morgan fingerprint density at radius 2 is 2.00 bits per heavy atom. The third kappa shape index (κ3) is 3.15. The predicted molar refractivity (Wildman–Crippen MR) is 66.0 cm³/mol. The Morgan fingerprint density at radius 1 is 1.39 bits per heavy atom. The van der Waals surface area contributed by atoms with Gasteiger partial charge in [-0.3, -0.25) is 4.79 Å². The van der Waals surface area contributed by atoms with Crippen LogP contribution >= 0.6 is 0 Å². The number of rotatable bonds is 4. The van der Waals surface area contributed by atoms with Gasteiger partial charge in [0.05, 0.1) is 7.11 Å². The van der Waals surface area contributed by atoms with Crippen LogP contribution in [0.3, 0.4) is 0 Å². The van der Waals surface area contributed by atoms with Crippen LogP contribution < -0.4 is 15.4 Å². The van der Waals surface area contributed by atoms with Crippen LogP contribution in [0, 0.1) is 11.3 Å². The standard InChI is InChI=1S/C12H13N3O3/c1-14-11(16)10(7-13)12(17)15-8-3-5-9(18-2)6-4-8/h3-6,14,16H,1-2H3,(H,15,17)/b11-10-. The molecule has 0 aliphatic heterocycles. The van der Waals surface area contributed by atoms with E-state index in [2.05, 4.69) is 10.6 Å². The molecule has 0 unspecified atom stereocenters. The largest absolute Gasteiger partial charge is 0.497 e. The minimum absolute atomic E-state index is 0.381. The van der Waals surface area contributed by atoms with Crippen molar-refractivity contribution in [1.29, 1.82) is 5.26 Å². The van der Waals surface area contributed by atoms with E-state index in [0.29, 0.717) is 11.4 Å². The van der Waals surface area contributed by atoms with E-state index in [0.717, 1.165) is 0 Å². The van der Waals surface area contributed by atoms with Gasteiger partial charge in [0, 0.05) is 12.7 Å². The van der Waals surface area contributed by atoms with Crippen LogP contribution in [-0.4, -0.2) is 25.2 Å². The zero-order valence-corrected chi connectivity index (χ0v) is 10.0. The van der Waals surface area contributed by atoms with Gasteiger partial charge in [-0.05, 0) is 24.3 Å². The normalized spacial score (nSPS) is 10.9. The fourth-order valence-electron chi connectivity index (χ4n) is 1.20. The van der Waals surface area contributed by atoms with Crippen LogP contribution in [0.25, 0.3) is 0 Å². The minimum atomic E-state index is -0.686. The average Bonchev–Trinajstić information content (AvgIpc) is 2.40. The van der Waals surface area contributed by atoms with Gasteiger partial charge in [0.2, 0.25) is 5.88 Å². The molecule has 0 spiro atoms. The first-order valence-electron chi connectivity index (χ1n) is 5.09. The number of hydrogen-bond donors (Lipinski definition) is 3. The van der Waals surface area contributed by atoms with Crippen LogP contribution in [-0.2, 0) is 4.79 Å². The molecule has 0 saturated carbocycles. The van der Waals surface area contributed by atoms with Crippen molar-refractivity contribution >= 4 is 11.6 Å². The van der Waals surface area contributed by atoms with E-state index in [1.165, 1.54) is 14.2 Å². The van der Waals surface area contributed by atoms with Crippen LogP contribution in [0.1, 0.15) is 0 Å². The van der Waals surface area contributed by atoms with Crippen molar-refractivity contribution in [1.82, 2.24) is 5.32 Å². The number of nitrogens with zero attached hydrogens (tertiary/aromatic N) is 1. The fourth-order valence-corrected chi connectivity index (χ4v) is 1.20. The molecule has 0 fully saturated rings. The van der Waals surface area contributed by atoms with Crippen LogP contribution in [0.4, 0.5) is 5.69 Å². The van der Waals surface area contributed by atoms with Gasteiger partial charge >= 0.3 is 0 Å². The molecular weight excluding hydrogens is 234 g/mol. The molecule has 1 amide bonds. The van der Waals surface area contributed by atoms with E-state index >= 15 is 0 Å². The van der Waals surface area contributed by atoms with Crippen molar-refractivity contribution in [3.63, 3.8) is 0 Å². The summed E-state index contributed by atoms with van der Waals surface area (Å²) in [6.45, 7) is 0. The van der Waals surface area contributed by atoms with Crippen molar-refractivity contribution in [3.8, 4) is 11.8 Å². The van der Waals surface area contributed by atoms with Crippen molar-refractivity contribution < 1.29 is 14.6 Å². The van der Waals surface area contributed by atoms with Gasteiger partial charge in [-0.25, -0.2) is 0 Å². The second-order valence-corrected chi connectivity index (χ2v) is 3.27. The Kier molecular flexibility index (Phi) is 4.58. The molecule has 18 heavy (non-hydrogen) atoms. The molecule has 0 aliphatic carbocycles. The molecule has 0 aromatic heterocycles. The summed E-state index contributed by atoms with van der Waals surface area (Å²) in [4.78, 5) is 11.7. The lowest BCUT2D eigenvalue weighted by atomic mass is 10.2. The van der Waals surface area contributed by atoms with Crippen LogP contribution in [0.15, 0.2) is 35.7 Å². The van der Waals surface area contributed by atoms with Crippen molar-refractivity contribution in [3.05, 3.63) is 35.7 Å². The lowest BCUT2D eigenvalue weighted by Crippen LogP contribution is -2.19. The summed E-state index contributed by atoms with van der Waals surface area (Å²) in [5.41, 5.74) is 0.116. The second-order valence-electron chi connectivity index (χ2n) is 3.27. The maximum Gasteiger partial charge on any atom is 0.271 e. The van der Waals surface area contributed by atoms with Gasteiger partial charge < -0.3 is 20.5 Å². The van der Waals surface area contributed by atoms with E-state index < -0.39 is 11.8 Å². The maximum atomic E-state index is 11.7. The Balaban J connectivity index is 2.84. The molecule has 94 valence electrons. The quantitative estimate of drug-likeness (QED) is 0.421. The summed E-state index contributed by atoms with van der Waals surface area (Å²) >= 11 is 0. The van der Waals surface area contributed by atoms with Crippen LogP contribution in [0.5, 0.6) is 5.75 Å². The summed E-state index contributed by atoms with van der Waals surface area (Å²) in [7, 11) is 2.95. The zero-order chi connectivity index (χ0) is 13.5. The first-order chi connectivity index (χ1) is 8.62. The SMILES string of the molecule is CN/C(O)=C(\C#N)C(=O)Nc1ccc(OC)cc1. The Labute approximate surface area is 104 Å². The van der Waals surface area contributed by atoms with Crippen molar-refractivity contribution in [2.45, 2.75) is 0 Å². The van der Waals surface area contributed by atoms with E-state index in [4.69, 9.17) is 10.00 Å². The smallest absolute Gasteiger partial charge is 0.271 e. The molecule has 3 N–H and O–H groups in total. The number of methoxy groups -OCH3 is 1. The number of benzene rings is 1. The highest BCUT2D eigenvalue weighted by molar-refractivity contribution is 6.06. The number of nitriles is 1.